The first kappa shape index (κ1) is 20.7. The third-order valence-electron chi connectivity index (χ3n) is 4.39. The van der Waals surface area contributed by atoms with Gasteiger partial charge in [-0.3, -0.25) is 14.4 Å². The minimum atomic E-state index is -0.355. The number of nitrogens with zero attached hydrogens (tertiary/aromatic N) is 1. The zero-order valence-corrected chi connectivity index (χ0v) is 16.5. The van der Waals surface area contributed by atoms with Crippen LogP contribution in [0.15, 0.2) is 18.2 Å². The minimum Gasteiger partial charge on any atom is -0.494 e. The quantitative estimate of drug-likeness (QED) is 0.731. The number of rotatable bonds is 8. The van der Waals surface area contributed by atoms with E-state index in [0.29, 0.717) is 42.6 Å². The van der Waals surface area contributed by atoms with E-state index in [4.69, 9.17) is 4.74 Å². The highest BCUT2D eigenvalue weighted by atomic mass is 16.5. The molecule has 0 radical (unpaired) electrons. The number of carbonyl (C=O) groups is 3. The molecular weight excluding hydrogens is 346 g/mol. The van der Waals surface area contributed by atoms with E-state index in [-0.39, 0.29) is 30.1 Å². The Morgan fingerprint density at radius 3 is 2.67 bits per heavy atom. The molecule has 148 valence electrons. The van der Waals surface area contributed by atoms with Crippen LogP contribution in [0.1, 0.15) is 40.0 Å². The molecule has 3 amide bonds. The molecule has 27 heavy (non-hydrogen) atoms. The van der Waals surface area contributed by atoms with Gasteiger partial charge in [0, 0.05) is 37.7 Å². The second kappa shape index (κ2) is 9.39. The molecule has 0 saturated carbocycles. The van der Waals surface area contributed by atoms with Gasteiger partial charge in [-0.15, -0.1) is 0 Å². The Labute approximate surface area is 160 Å². The van der Waals surface area contributed by atoms with Gasteiger partial charge in [0.1, 0.15) is 5.75 Å². The molecule has 1 aromatic rings. The largest absolute Gasteiger partial charge is 0.494 e. The molecular formula is C20H29N3O4. The summed E-state index contributed by atoms with van der Waals surface area (Å²) in [6.07, 6.45) is 1.43. The summed E-state index contributed by atoms with van der Waals surface area (Å²) < 4.78 is 5.32. The first-order valence-corrected chi connectivity index (χ1v) is 9.40. The number of carbonyl (C=O) groups excluding carboxylic acids is 3. The van der Waals surface area contributed by atoms with E-state index >= 15 is 0 Å². The third-order valence-corrected chi connectivity index (χ3v) is 4.39. The standard InChI is InChI=1S/C20H29N3O4/c1-5-6-18(24)22-16-8-7-15(10-17(16)27-4)21-20(26)14-9-19(25)23(12-14)11-13(2)3/h7-8,10,13-14H,5-6,9,11-12H2,1-4H3,(H,21,26)(H,22,24)/t14-/m0/s1. The van der Waals surface area contributed by atoms with Gasteiger partial charge in [0.05, 0.1) is 18.7 Å². The Morgan fingerprint density at radius 2 is 2.04 bits per heavy atom. The number of nitrogens with one attached hydrogen (secondary N) is 2. The van der Waals surface area contributed by atoms with Crippen molar-refractivity contribution in [2.45, 2.75) is 40.0 Å². The van der Waals surface area contributed by atoms with Crippen LogP contribution in [0.25, 0.3) is 0 Å². The zero-order valence-electron chi connectivity index (χ0n) is 16.5. The van der Waals surface area contributed by atoms with Gasteiger partial charge in [0.25, 0.3) is 0 Å². The Morgan fingerprint density at radius 1 is 1.30 bits per heavy atom. The van der Waals surface area contributed by atoms with Crippen LogP contribution in [-0.4, -0.2) is 42.8 Å². The van der Waals surface area contributed by atoms with Gasteiger partial charge < -0.3 is 20.3 Å². The fourth-order valence-corrected chi connectivity index (χ4v) is 3.12. The van der Waals surface area contributed by atoms with Crippen molar-refractivity contribution in [2.24, 2.45) is 11.8 Å². The highest BCUT2D eigenvalue weighted by Crippen LogP contribution is 2.29. The lowest BCUT2D eigenvalue weighted by molar-refractivity contribution is -0.128. The molecule has 2 rings (SSSR count). The van der Waals surface area contributed by atoms with E-state index in [1.807, 2.05) is 20.8 Å². The van der Waals surface area contributed by atoms with Gasteiger partial charge in [-0.05, 0) is 24.5 Å². The summed E-state index contributed by atoms with van der Waals surface area (Å²) in [6.45, 7) is 7.15. The molecule has 1 atom stereocenters. The van der Waals surface area contributed by atoms with Crippen LogP contribution in [-0.2, 0) is 14.4 Å². The van der Waals surface area contributed by atoms with E-state index in [0.717, 1.165) is 6.42 Å². The van der Waals surface area contributed by atoms with E-state index < -0.39 is 0 Å². The van der Waals surface area contributed by atoms with E-state index in [1.165, 1.54) is 7.11 Å². The van der Waals surface area contributed by atoms with Gasteiger partial charge in [-0.2, -0.15) is 0 Å². The molecule has 0 spiro atoms. The Bertz CT molecular complexity index is 702. The zero-order chi connectivity index (χ0) is 20.0. The monoisotopic (exact) mass is 375 g/mol. The normalized spacial score (nSPS) is 16.6. The fourth-order valence-electron chi connectivity index (χ4n) is 3.12. The van der Waals surface area contributed by atoms with Crippen molar-refractivity contribution in [3.05, 3.63) is 18.2 Å². The summed E-state index contributed by atoms with van der Waals surface area (Å²) in [4.78, 5) is 38.1. The van der Waals surface area contributed by atoms with Crippen LogP contribution in [0.5, 0.6) is 5.75 Å². The first-order chi connectivity index (χ1) is 12.8. The number of hydrogen-bond donors (Lipinski definition) is 2. The van der Waals surface area contributed by atoms with Crippen LogP contribution in [0, 0.1) is 11.8 Å². The number of amides is 3. The number of methoxy groups -OCH3 is 1. The highest BCUT2D eigenvalue weighted by Gasteiger charge is 2.34. The van der Waals surface area contributed by atoms with Crippen molar-refractivity contribution in [3.63, 3.8) is 0 Å². The fraction of sp³-hybridized carbons (Fsp3) is 0.550. The molecule has 0 unspecified atom stereocenters. The smallest absolute Gasteiger partial charge is 0.229 e. The number of ether oxygens (including phenoxy) is 1. The maximum absolute atomic E-state index is 12.5. The lowest BCUT2D eigenvalue weighted by Gasteiger charge is -2.18. The van der Waals surface area contributed by atoms with Crippen molar-refractivity contribution >= 4 is 29.1 Å². The Hall–Kier alpha value is -2.57. The van der Waals surface area contributed by atoms with E-state index in [2.05, 4.69) is 10.6 Å². The van der Waals surface area contributed by atoms with Gasteiger partial charge in [0.2, 0.25) is 17.7 Å². The minimum absolute atomic E-state index is 0.0235. The van der Waals surface area contributed by atoms with Crippen molar-refractivity contribution in [3.8, 4) is 5.75 Å². The Kier molecular flexibility index (Phi) is 7.21. The van der Waals surface area contributed by atoms with Crippen molar-refractivity contribution in [2.75, 3.05) is 30.8 Å². The van der Waals surface area contributed by atoms with Gasteiger partial charge >= 0.3 is 0 Å². The van der Waals surface area contributed by atoms with Gasteiger partial charge in [-0.25, -0.2) is 0 Å². The molecule has 2 N–H and O–H groups in total. The molecule has 7 heteroatoms. The number of likely N-dealkylation sites (tertiary alicyclic amines) is 1. The maximum Gasteiger partial charge on any atom is 0.229 e. The second-order valence-corrected chi connectivity index (χ2v) is 7.30. The van der Waals surface area contributed by atoms with Gasteiger partial charge in [0.15, 0.2) is 0 Å². The summed E-state index contributed by atoms with van der Waals surface area (Å²) >= 11 is 0. The van der Waals surface area contributed by atoms with Crippen LogP contribution in [0.4, 0.5) is 11.4 Å². The summed E-state index contributed by atoms with van der Waals surface area (Å²) in [7, 11) is 1.51. The van der Waals surface area contributed by atoms with Crippen molar-refractivity contribution < 1.29 is 19.1 Å². The van der Waals surface area contributed by atoms with Crippen LogP contribution >= 0.6 is 0 Å². The van der Waals surface area contributed by atoms with E-state index in [1.54, 1.807) is 23.1 Å². The number of benzene rings is 1. The summed E-state index contributed by atoms with van der Waals surface area (Å²) in [5.74, 6) is 0.250. The molecule has 1 heterocycles. The average Bonchev–Trinajstić information content (AvgIpc) is 2.96. The Balaban J connectivity index is 2.01. The summed E-state index contributed by atoms with van der Waals surface area (Å²) in [5.41, 5.74) is 1.13. The molecule has 0 aromatic heterocycles. The molecule has 7 nitrogen and oxygen atoms in total. The van der Waals surface area contributed by atoms with Crippen LogP contribution in [0.2, 0.25) is 0 Å². The van der Waals surface area contributed by atoms with Crippen LogP contribution < -0.4 is 15.4 Å². The van der Waals surface area contributed by atoms with Gasteiger partial charge in [-0.1, -0.05) is 20.8 Å². The highest BCUT2D eigenvalue weighted by molar-refractivity contribution is 5.98. The van der Waals surface area contributed by atoms with E-state index in [9.17, 15) is 14.4 Å². The molecule has 1 aliphatic heterocycles. The van der Waals surface area contributed by atoms with Crippen LogP contribution in [0.3, 0.4) is 0 Å². The predicted molar refractivity (Wildman–Crippen MR) is 105 cm³/mol. The lowest BCUT2D eigenvalue weighted by atomic mass is 10.1. The molecule has 1 fully saturated rings. The summed E-state index contributed by atoms with van der Waals surface area (Å²) in [5, 5.41) is 5.65. The second-order valence-electron chi connectivity index (χ2n) is 7.30. The molecule has 1 aliphatic rings. The van der Waals surface area contributed by atoms with Crippen molar-refractivity contribution in [1.29, 1.82) is 0 Å². The first-order valence-electron chi connectivity index (χ1n) is 9.40. The maximum atomic E-state index is 12.5. The molecule has 1 aromatic carbocycles. The lowest BCUT2D eigenvalue weighted by Crippen LogP contribution is -2.31. The third kappa shape index (κ3) is 5.70. The summed E-state index contributed by atoms with van der Waals surface area (Å²) in [6, 6.07) is 5.08. The molecule has 0 aliphatic carbocycles. The topological polar surface area (TPSA) is 87.7 Å². The SMILES string of the molecule is CCCC(=O)Nc1ccc(NC(=O)[C@H]2CC(=O)N(CC(C)C)C2)cc1OC. The molecule has 1 saturated heterocycles. The predicted octanol–water partition coefficient (Wildman–Crippen LogP) is 2.88. The molecule has 0 bridgehead atoms. The van der Waals surface area contributed by atoms with Crippen molar-refractivity contribution in [1.82, 2.24) is 4.90 Å². The number of anilines is 2. The number of hydrogen-bond acceptors (Lipinski definition) is 4. The average molecular weight is 375 g/mol.